The van der Waals surface area contributed by atoms with Gasteiger partial charge in [0.1, 0.15) is 0 Å². The molecule has 2 N–H and O–H groups in total. The largest absolute Gasteiger partial charge is 0.493 e. The van der Waals surface area contributed by atoms with E-state index in [4.69, 9.17) is 14.5 Å². The number of ether oxygens (including phenoxy) is 2. The van der Waals surface area contributed by atoms with Gasteiger partial charge < -0.3 is 20.1 Å². The highest BCUT2D eigenvalue weighted by molar-refractivity contribution is 9.10. The van der Waals surface area contributed by atoms with E-state index < -0.39 is 0 Å². The van der Waals surface area contributed by atoms with Crippen LogP contribution in [0.3, 0.4) is 0 Å². The quantitative estimate of drug-likeness (QED) is 0.494. The summed E-state index contributed by atoms with van der Waals surface area (Å²) >= 11 is 3.60. The summed E-state index contributed by atoms with van der Waals surface area (Å²) in [6.45, 7) is 8.93. The smallest absolute Gasteiger partial charge is 0.191 e. The van der Waals surface area contributed by atoms with E-state index in [2.05, 4.69) is 45.3 Å². The fourth-order valence-electron chi connectivity index (χ4n) is 3.28. The maximum Gasteiger partial charge on any atom is 0.191 e. The second-order valence-corrected chi connectivity index (χ2v) is 7.15. The molecule has 0 aromatic heterocycles. The fraction of sp³-hybridized carbons (Fsp3) is 0.632. The predicted molar refractivity (Wildman–Crippen MR) is 110 cm³/mol. The summed E-state index contributed by atoms with van der Waals surface area (Å²) in [7, 11) is 3.28. The van der Waals surface area contributed by atoms with Crippen LogP contribution >= 0.6 is 15.9 Å². The van der Waals surface area contributed by atoms with E-state index in [1.165, 1.54) is 19.4 Å². The highest BCUT2D eigenvalue weighted by Crippen LogP contribution is 2.33. The lowest BCUT2D eigenvalue weighted by Gasteiger charge is -2.24. The normalized spacial score (nSPS) is 18.0. The van der Waals surface area contributed by atoms with Crippen molar-refractivity contribution in [2.45, 2.75) is 39.3 Å². The van der Waals surface area contributed by atoms with Gasteiger partial charge in [-0.2, -0.15) is 0 Å². The Morgan fingerprint density at radius 3 is 2.62 bits per heavy atom. The fourth-order valence-corrected chi connectivity index (χ4v) is 3.73. The van der Waals surface area contributed by atoms with E-state index in [9.17, 15) is 0 Å². The van der Waals surface area contributed by atoms with Gasteiger partial charge in [0, 0.05) is 23.6 Å². The monoisotopic (exact) mass is 426 g/mol. The number of guanidine groups is 1. The van der Waals surface area contributed by atoms with E-state index in [1.54, 1.807) is 14.2 Å². The summed E-state index contributed by atoms with van der Waals surface area (Å²) < 4.78 is 11.7. The Hall–Kier alpha value is -1.47. The Bertz CT molecular complexity index is 609. The van der Waals surface area contributed by atoms with Crippen LogP contribution in [0.4, 0.5) is 0 Å². The molecular weight excluding hydrogens is 396 g/mol. The van der Waals surface area contributed by atoms with E-state index >= 15 is 0 Å². The maximum absolute atomic E-state index is 5.39. The Morgan fingerprint density at radius 1 is 1.23 bits per heavy atom. The van der Waals surface area contributed by atoms with Crippen LogP contribution in [-0.2, 0) is 6.54 Å². The first-order chi connectivity index (χ1) is 12.6. The van der Waals surface area contributed by atoms with E-state index in [-0.39, 0.29) is 0 Å². The van der Waals surface area contributed by atoms with Crippen molar-refractivity contribution in [3.05, 3.63) is 22.2 Å². The SMILES string of the molecule is CCNC(=NCc1cc(OC)c(OC)cc1Br)NCC1CCCN1CC. The van der Waals surface area contributed by atoms with Gasteiger partial charge in [0.2, 0.25) is 0 Å². The first-order valence-corrected chi connectivity index (χ1v) is 10.1. The summed E-state index contributed by atoms with van der Waals surface area (Å²) in [4.78, 5) is 7.27. The van der Waals surface area contributed by atoms with E-state index in [0.29, 0.717) is 24.1 Å². The number of nitrogens with one attached hydrogen (secondary N) is 2. The number of aliphatic imine (C=N–C) groups is 1. The standard InChI is InChI=1S/C19H31BrN4O2/c1-5-21-19(23-13-15-8-7-9-24(15)6-2)22-12-14-10-17(25-3)18(26-4)11-16(14)20/h10-11,15H,5-9,12-13H2,1-4H3,(H2,21,22,23). The van der Waals surface area contributed by atoms with Crippen molar-refractivity contribution in [1.29, 1.82) is 0 Å². The second kappa shape index (κ2) is 10.6. The number of methoxy groups -OCH3 is 2. The molecule has 1 fully saturated rings. The molecule has 0 spiro atoms. The topological polar surface area (TPSA) is 58.1 Å². The van der Waals surface area contributed by atoms with Gasteiger partial charge in [-0.05, 0) is 50.6 Å². The number of halogens is 1. The molecule has 1 unspecified atom stereocenters. The maximum atomic E-state index is 5.39. The minimum Gasteiger partial charge on any atom is -0.493 e. The molecule has 1 aliphatic heterocycles. The van der Waals surface area contributed by atoms with Crippen LogP contribution in [0.2, 0.25) is 0 Å². The zero-order valence-electron chi connectivity index (χ0n) is 16.3. The lowest BCUT2D eigenvalue weighted by Crippen LogP contribution is -2.44. The summed E-state index contributed by atoms with van der Waals surface area (Å²) in [5, 5.41) is 6.82. The summed E-state index contributed by atoms with van der Waals surface area (Å²) in [5.74, 6) is 2.26. The number of hydrogen-bond acceptors (Lipinski definition) is 4. The molecule has 1 heterocycles. The zero-order valence-corrected chi connectivity index (χ0v) is 17.9. The van der Waals surface area contributed by atoms with Crippen molar-refractivity contribution in [2.24, 2.45) is 4.99 Å². The van der Waals surface area contributed by atoms with Gasteiger partial charge in [0.25, 0.3) is 0 Å². The number of hydrogen-bond donors (Lipinski definition) is 2. The summed E-state index contributed by atoms with van der Waals surface area (Å²) in [5.41, 5.74) is 1.05. The molecule has 1 aliphatic rings. The highest BCUT2D eigenvalue weighted by atomic mass is 79.9. The van der Waals surface area contributed by atoms with Crippen LogP contribution in [0.25, 0.3) is 0 Å². The molecule has 7 heteroatoms. The predicted octanol–water partition coefficient (Wildman–Crippen LogP) is 3.01. The third-order valence-electron chi connectivity index (χ3n) is 4.71. The Morgan fingerprint density at radius 2 is 1.96 bits per heavy atom. The molecule has 0 amide bonds. The van der Waals surface area contributed by atoms with Crippen LogP contribution in [-0.4, -0.2) is 57.3 Å². The molecule has 146 valence electrons. The Kier molecular flexibility index (Phi) is 8.51. The van der Waals surface area contributed by atoms with Gasteiger partial charge in [-0.1, -0.05) is 22.9 Å². The third-order valence-corrected chi connectivity index (χ3v) is 5.45. The molecule has 26 heavy (non-hydrogen) atoms. The Balaban J connectivity index is 2.04. The summed E-state index contributed by atoms with van der Waals surface area (Å²) in [6.07, 6.45) is 2.54. The molecule has 0 bridgehead atoms. The molecule has 1 saturated heterocycles. The van der Waals surface area contributed by atoms with Crippen LogP contribution in [0.15, 0.2) is 21.6 Å². The number of rotatable bonds is 8. The number of benzene rings is 1. The van der Waals surface area contributed by atoms with Crippen LogP contribution in [0, 0.1) is 0 Å². The average Bonchev–Trinajstić information content (AvgIpc) is 3.12. The van der Waals surface area contributed by atoms with Crippen LogP contribution in [0.1, 0.15) is 32.3 Å². The molecule has 6 nitrogen and oxygen atoms in total. The van der Waals surface area contributed by atoms with E-state index in [1.807, 2.05) is 12.1 Å². The van der Waals surface area contributed by atoms with Crippen molar-refractivity contribution < 1.29 is 9.47 Å². The van der Waals surface area contributed by atoms with Crippen molar-refractivity contribution in [1.82, 2.24) is 15.5 Å². The van der Waals surface area contributed by atoms with E-state index in [0.717, 1.165) is 35.6 Å². The second-order valence-electron chi connectivity index (χ2n) is 6.30. The molecular formula is C19H31BrN4O2. The highest BCUT2D eigenvalue weighted by Gasteiger charge is 2.22. The molecule has 1 aromatic carbocycles. The number of likely N-dealkylation sites (N-methyl/N-ethyl adjacent to an activating group) is 1. The number of likely N-dealkylation sites (tertiary alicyclic amines) is 1. The average molecular weight is 427 g/mol. The molecule has 2 rings (SSSR count). The molecule has 1 aromatic rings. The van der Waals surface area contributed by atoms with Crippen molar-refractivity contribution >= 4 is 21.9 Å². The minimum absolute atomic E-state index is 0.554. The van der Waals surface area contributed by atoms with Crippen molar-refractivity contribution in [3.63, 3.8) is 0 Å². The van der Waals surface area contributed by atoms with Crippen molar-refractivity contribution in [3.8, 4) is 11.5 Å². The van der Waals surface area contributed by atoms with Gasteiger partial charge in [-0.25, -0.2) is 4.99 Å². The zero-order chi connectivity index (χ0) is 18.9. The van der Waals surface area contributed by atoms with Crippen LogP contribution < -0.4 is 20.1 Å². The van der Waals surface area contributed by atoms with Gasteiger partial charge in [-0.3, -0.25) is 4.90 Å². The lowest BCUT2D eigenvalue weighted by molar-refractivity contribution is 0.267. The van der Waals surface area contributed by atoms with Gasteiger partial charge in [0.05, 0.1) is 20.8 Å². The summed E-state index contributed by atoms with van der Waals surface area (Å²) in [6, 6.07) is 4.48. The molecule has 0 radical (unpaired) electrons. The molecule has 0 aliphatic carbocycles. The third kappa shape index (κ3) is 5.51. The van der Waals surface area contributed by atoms with Gasteiger partial charge in [0.15, 0.2) is 17.5 Å². The Labute approximate surface area is 165 Å². The van der Waals surface area contributed by atoms with Gasteiger partial charge in [-0.15, -0.1) is 0 Å². The molecule has 1 atom stereocenters. The first kappa shape index (κ1) is 20.8. The number of nitrogens with zero attached hydrogens (tertiary/aromatic N) is 2. The minimum atomic E-state index is 0.554. The lowest BCUT2D eigenvalue weighted by atomic mass is 10.2. The molecule has 0 saturated carbocycles. The van der Waals surface area contributed by atoms with Gasteiger partial charge >= 0.3 is 0 Å². The van der Waals surface area contributed by atoms with Crippen LogP contribution in [0.5, 0.6) is 11.5 Å². The van der Waals surface area contributed by atoms with Crippen molar-refractivity contribution in [2.75, 3.05) is 40.4 Å². The first-order valence-electron chi connectivity index (χ1n) is 9.29.